The molecule has 0 saturated carbocycles. The lowest BCUT2D eigenvalue weighted by Crippen LogP contribution is -2.13. The van der Waals surface area contributed by atoms with E-state index in [9.17, 15) is 4.79 Å². The van der Waals surface area contributed by atoms with E-state index in [1.807, 2.05) is 0 Å². The predicted molar refractivity (Wildman–Crippen MR) is 46.7 cm³/mol. The van der Waals surface area contributed by atoms with Gasteiger partial charge >= 0.3 is 4.87 Å². The van der Waals surface area contributed by atoms with E-state index in [0.29, 0.717) is 18.3 Å². The summed E-state index contributed by atoms with van der Waals surface area (Å²) >= 11 is 1.15. The predicted octanol–water partition coefficient (Wildman–Crippen LogP) is 0.650. The lowest BCUT2D eigenvalue weighted by molar-refractivity contribution is 0.386. The van der Waals surface area contributed by atoms with Crippen LogP contribution in [0.2, 0.25) is 0 Å². The second-order valence-corrected chi connectivity index (χ2v) is 3.38. The van der Waals surface area contributed by atoms with Crippen molar-refractivity contribution >= 4 is 11.3 Å². The molecule has 0 amide bonds. The molecule has 0 fully saturated rings. The van der Waals surface area contributed by atoms with E-state index in [2.05, 4.69) is 10.1 Å². The molecule has 0 spiro atoms. The fourth-order valence-electron chi connectivity index (χ4n) is 0.966. The summed E-state index contributed by atoms with van der Waals surface area (Å²) in [6, 6.07) is 0. The molecular weight excluding hydrogens is 190 g/mol. The van der Waals surface area contributed by atoms with Crippen molar-refractivity contribution in [1.82, 2.24) is 14.7 Å². The van der Waals surface area contributed by atoms with Gasteiger partial charge < -0.3 is 4.52 Å². The van der Waals surface area contributed by atoms with Crippen molar-refractivity contribution in [3.63, 3.8) is 0 Å². The van der Waals surface area contributed by atoms with Gasteiger partial charge in [0.25, 0.3) is 0 Å². The topological polar surface area (TPSA) is 60.9 Å². The zero-order valence-corrected chi connectivity index (χ0v) is 7.74. The van der Waals surface area contributed by atoms with Crippen molar-refractivity contribution < 1.29 is 4.52 Å². The number of hydrogen-bond acceptors (Lipinski definition) is 5. The highest BCUT2D eigenvalue weighted by molar-refractivity contribution is 7.07. The maximum absolute atomic E-state index is 11.1. The van der Waals surface area contributed by atoms with Crippen molar-refractivity contribution in [2.24, 2.45) is 0 Å². The zero-order chi connectivity index (χ0) is 9.26. The van der Waals surface area contributed by atoms with Gasteiger partial charge in [-0.25, -0.2) is 0 Å². The number of hydrogen-bond donors (Lipinski definition) is 0. The van der Waals surface area contributed by atoms with Crippen LogP contribution < -0.4 is 4.87 Å². The first-order valence-corrected chi connectivity index (χ1v) is 4.57. The third-order valence-corrected chi connectivity index (χ3v) is 2.22. The van der Waals surface area contributed by atoms with Gasteiger partial charge in [0.15, 0.2) is 5.82 Å². The summed E-state index contributed by atoms with van der Waals surface area (Å²) in [4.78, 5) is 15.1. The SMILES string of the molecule is Cc1nc(Cn2ccsc2=O)no1. The molecule has 0 aromatic carbocycles. The van der Waals surface area contributed by atoms with Gasteiger partial charge in [0, 0.05) is 18.5 Å². The molecule has 0 N–H and O–H groups in total. The number of nitrogens with zero attached hydrogens (tertiary/aromatic N) is 3. The van der Waals surface area contributed by atoms with Crippen LogP contribution in [-0.2, 0) is 6.54 Å². The monoisotopic (exact) mass is 197 g/mol. The summed E-state index contributed by atoms with van der Waals surface area (Å²) in [5, 5.41) is 5.42. The average molecular weight is 197 g/mol. The highest BCUT2D eigenvalue weighted by Gasteiger charge is 2.04. The van der Waals surface area contributed by atoms with Crippen molar-refractivity contribution in [3.05, 3.63) is 33.0 Å². The molecule has 0 unspecified atom stereocenters. The van der Waals surface area contributed by atoms with Gasteiger partial charge in [-0.1, -0.05) is 16.5 Å². The quantitative estimate of drug-likeness (QED) is 0.709. The van der Waals surface area contributed by atoms with Gasteiger partial charge in [-0.2, -0.15) is 4.98 Å². The van der Waals surface area contributed by atoms with Gasteiger partial charge in [-0.05, 0) is 0 Å². The molecule has 0 aliphatic heterocycles. The van der Waals surface area contributed by atoms with Crippen LogP contribution in [0.4, 0.5) is 0 Å². The summed E-state index contributed by atoms with van der Waals surface area (Å²) in [7, 11) is 0. The van der Waals surface area contributed by atoms with Crippen LogP contribution in [0.5, 0.6) is 0 Å². The lowest BCUT2D eigenvalue weighted by atomic mass is 10.6. The molecular formula is C7H7N3O2S. The minimum absolute atomic E-state index is 0.0116. The maximum atomic E-state index is 11.1. The Balaban J connectivity index is 2.24. The minimum Gasteiger partial charge on any atom is -0.340 e. The zero-order valence-electron chi connectivity index (χ0n) is 6.93. The Kier molecular flexibility index (Phi) is 1.97. The summed E-state index contributed by atoms with van der Waals surface area (Å²) in [5.41, 5.74) is 0. The van der Waals surface area contributed by atoms with Crippen molar-refractivity contribution in [2.45, 2.75) is 13.5 Å². The molecule has 68 valence electrons. The highest BCUT2D eigenvalue weighted by atomic mass is 32.1. The van der Waals surface area contributed by atoms with E-state index in [1.165, 1.54) is 4.57 Å². The molecule has 2 rings (SSSR count). The van der Waals surface area contributed by atoms with Crippen molar-refractivity contribution in [2.75, 3.05) is 0 Å². The Hall–Kier alpha value is -1.43. The molecule has 0 radical (unpaired) electrons. The van der Waals surface area contributed by atoms with Gasteiger partial charge in [0.05, 0.1) is 6.54 Å². The van der Waals surface area contributed by atoms with Crippen LogP contribution >= 0.6 is 11.3 Å². The molecule has 2 heterocycles. The normalized spacial score (nSPS) is 10.5. The Morgan fingerprint density at radius 1 is 1.69 bits per heavy atom. The number of rotatable bonds is 2. The van der Waals surface area contributed by atoms with Crippen LogP contribution in [0, 0.1) is 6.92 Å². The first kappa shape index (κ1) is 8.18. The summed E-state index contributed by atoms with van der Waals surface area (Å²) in [5.74, 6) is 1.04. The summed E-state index contributed by atoms with van der Waals surface area (Å²) in [6.45, 7) is 2.09. The Morgan fingerprint density at radius 3 is 3.08 bits per heavy atom. The van der Waals surface area contributed by atoms with Crippen LogP contribution in [0.15, 0.2) is 20.9 Å². The van der Waals surface area contributed by atoms with Gasteiger partial charge in [-0.15, -0.1) is 0 Å². The van der Waals surface area contributed by atoms with Gasteiger partial charge in [0.1, 0.15) is 0 Å². The van der Waals surface area contributed by atoms with E-state index >= 15 is 0 Å². The van der Waals surface area contributed by atoms with E-state index < -0.39 is 0 Å². The summed E-state index contributed by atoms with van der Waals surface area (Å²) in [6.07, 6.45) is 1.71. The lowest BCUT2D eigenvalue weighted by Gasteiger charge is -1.92. The Bertz CT molecular complexity index is 456. The highest BCUT2D eigenvalue weighted by Crippen LogP contribution is 1.98. The third-order valence-electron chi connectivity index (χ3n) is 1.53. The minimum atomic E-state index is -0.0116. The largest absolute Gasteiger partial charge is 0.340 e. The van der Waals surface area contributed by atoms with Crippen molar-refractivity contribution in [1.29, 1.82) is 0 Å². The van der Waals surface area contributed by atoms with Crippen LogP contribution in [0.3, 0.4) is 0 Å². The van der Waals surface area contributed by atoms with E-state index in [4.69, 9.17) is 4.52 Å². The van der Waals surface area contributed by atoms with E-state index in [0.717, 1.165) is 11.3 Å². The molecule has 13 heavy (non-hydrogen) atoms. The maximum Gasteiger partial charge on any atom is 0.307 e. The molecule has 0 atom stereocenters. The van der Waals surface area contributed by atoms with Crippen molar-refractivity contribution in [3.8, 4) is 0 Å². The fourth-order valence-corrected chi connectivity index (χ4v) is 1.55. The molecule has 2 aromatic heterocycles. The molecule has 0 saturated heterocycles. The second kappa shape index (κ2) is 3.14. The van der Waals surface area contributed by atoms with E-state index in [1.54, 1.807) is 18.5 Å². The Morgan fingerprint density at radius 2 is 2.54 bits per heavy atom. The average Bonchev–Trinajstić information content (AvgIpc) is 2.64. The van der Waals surface area contributed by atoms with Gasteiger partial charge in [0.2, 0.25) is 5.89 Å². The first-order valence-electron chi connectivity index (χ1n) is 3.69. The Labute approximate surface area is 77.6 Å². The standard InChI is InChI=1S/C7H7N3O2S/c1-5-8-6(9-12-5)4-10-2-3-13-7(10)11/h2-3H,4H2,1H3. The van der Waals surface area contributed by atoms with Crippen LogP contribution in [0.25, 0.3) is 0 Å². The number of aromatic nitrogens is 3. The molecule has 0 aliphatic rings. The summed E-state index contributed by atoms with van der Waals surface area (Å²) < 4.78 is 6.32. The molecule has 0 bridgehead atoms. The molecule has 0 aliphatic carbocycles. The molecule has 6 heteroatoms. The van der Waals surface area contributed by atoms with Gasteiger partial charge in [-0.3, -0.25) is 9.36 Å². The fraction of sp³-hybridized carbons (Fsp3) is 0.286. The third kappa shape index (κ3) is 1.67. The first-order chi connectivity index (χ1) is 6.25. The van der Waals surface area contributed by atoms with Crippen LogP contribution in [0.1, 0.15) is 11.7 Å². The van der Waals surface area contributed by atoms with Crippen LogP contribution in [-0.4, -0.2) is 14.7 Å². The number of aryl methyl sites for hydroxylation is 1. The molecule has 5 nitrogen and oxygen atoms in total. The number of thiazole rings is 1. The smallest absolute Gasteiger partial charge is 0.307 e. The molecule has 2 aromatic rings. The second-order valence-electron chi connectivity index (χ2n) is 2.53. The van der Waals surface area contributed by atoms with E-state index in [-0.39, 0.29) is 4.87 Å².